The molecule has 2 heterocycles. The van der Waals surface area contributed by atoms with Gasteiger partial charge in [-0.2, -0.15) is 0 Å². The molecule has 0 fully saturated rings. The summed E-state index contributed by atoms with van der Waals surface area (Å²) in [5.74, 6) is 0. The van der Waals surface area contributed by atoms with Crippen molar-refractivity contribution in [2.45, 2.75) is 40.5 Å². The number of benzene rings is 4. The van der Waals surface area contributed by atoms with Crippen molar-refractivity contribution in [1.29, 1.82) is 0 Å². The molecule has 0 bridgehead atoms. The average molecular weight is 525 g/mol. The van der Waals surface area contributed by atoms with Crippen molar-refractivity contribution < 1.29 is 0 Å². The van der Waals surface area contributed by atoms with Gasteiger partial charge in [0.25, 0.3) is 0 Å². The predicted octanol–water partition coefficient (Wildman–Crippen LogP) is 10.9. The molecule has 0 saturated heterocycles. The fourth-order valence-corrected chi connectivity index (χ4v) is 5.23. The highest BCUT2D eigenvalue weighted by molar-refractivity contribution is 5.80. The number of hydrogen-bond acceptors (Lipinski definition) is 2. The van der Waals surface area contributed by atoms with Crippen LogP contribution in [0.4, 0.5) is 22.7 Å². The summed E-state index contributed by atoms with van der Waals surface area (Å²) in [6.07, 6.45) is 10.0. The number of rotatable bonds is 4. The van der Waals surface area contributed by atoms with Gasteiger partial charge in [0.05, 0.1) is 0 Å². The summed E-state index contributed by atoms with van der Waals surface area (Å²) in [6.45, 7) is 15.6. The molecular formula is C38H40N2. The predicted molar refractivity (Wildman–Crippen MR) is 176 cm³/mol. The van der Waals surface area contributed by atoms with E-state index in [1.165, 1.54) is 45.0 Å². The van der Waals surface area contributed by atoms with Crippen LogP contribution < -0.4 is 9.80 Å². The van der Waals surface area contributed by atoms with E-state index in [1.54, 1.807) is 6.08 Å². The van der Waals surface area contributed by atoms with E-state index in [0.29, 0.717) is 0 Å². The summed E-state index contributed by atoms with van der Waals surface area (Å²) in [5.41, 5.74) is 12.4. The molecular weight excluding hydrogens is 484 g/mol. The molecule has 0 radical (unpaired) electrons. The number of para-hydroxylation sites is 2. The van der Waals surface area contributed by atoms with Crippen molar-refractivity contribution >= 4 is 22.7 Å². The van der Waals surface area contributed by atoms with Gasteiger partial charge in [-0.3, -0.25) is 0 Å². The smallest absolute Gasteiger partial charge is 0.0494 e. The maximum Gasteiger partial charge on any atom is 0.0494 e. The number of allylic oxidation sites excluding steroid dienone is 6. The van der Waals surface area contributed by atoms with Gasteiger partial charge in [0.1, 0.15) is 0 Å². The molecule has 0 spiro atoms. The first-order chi connectivity index (χ1) is 19.6. The van der Waals surface area contributed by atoms with Crippen LogP contribution in [0.2, 0.25) is 0 Å². The van der Waals surface area contributed by atoms with Crippen molar-refractivity contribution in [3.05, 3.63) is 157 Å². The first-order valence-electron chi connectivity index (χ1n) is 14.2. The highest BCUT2D eigenvalue weighted by atomic mass is 15.2. The second kappa shape index (κ2) is 13.5. The molecule has 2 aliphatic heterocycles. The lowest BCUT2D eigenvalue weighted by molar-refractivity contribution is 1.15. The Hall–Kier alpha value is -4.56. The Morgan fingerprint density at radius 2 is 1.07 bits per heavy atom. The molecule has 2 nitrogen and oxygen atoms in total. The molecule has 2 aliphatic rings. The molecule has 202 valence electrons. The average Bonchev–Trinajstić information content (AvgIpc) is 3.54. The van der Waals surface area contributed by atoms with Gasteiger partial charge < -0.3 is 9.80 Å². The van der Waals surface area contributed by atoms with Crippen LogP contribution >= 0.6 is 0 Å². The third kappa shape index (κ3) is 5.87. The van der Waals surface area contributed by atoms with Gasteiger partial charge in [-0.25, -0.2) is 0 Å². The number of nitrogens with zero attached hydrogens (tertiary/aromatic N) is 2. The lowest BCUT2D eigenvalue weighted by Crippen LogP contribution is -2.11. The topological polar surface area (TPSA) is 6.48 Å². The monoisotopic (exact) mass is 524 g/mol. The third-order valence-corrected chi connectivity index (χ3v) is 6.90. The SMILES string of the molecule is C=C1Cc2ccccc2N1c1ccc(-c2ccc(N3/C(=C/C=C\C)Cc4ccccc43)cc2)cc1.C=CC.CC. The van der Waals surface area contributed by atoms with Crippen molar-refractivity contribution in [2.24, 2.45) is 0 Å². The number of fused-ring (bicyclic) bond motifs is 2. The summed E-state index contributed by atoms with van der Waals surface area (Å²) < 4.78 is 0. The van der Waals surface area contributed by atoms with Crippen molar-refractivity contribution in [3.63, 3.8) is 0 Å². The van der Waals surface area contributed by atoms with Crippen molar-refractivity contribution in [1.82, 2.24) is 0 Å². The fraction of sp³-hybridized carbons (Fsp3) is 0.158. The minimum atomic E-state index is 0.906. The maximum absolute atomic E-state index is 4.31. The zero-order chi connectivity index (χ0) is 28.5. The lowest BCUT2D eigenvalue weighted by Gasteiger charge is -2.22. The lowest BCUT2D eigenvalue weighted by atomic mass is 10.0. The Morgan fingerprint density at radius 3 is 1.60 bits per heavy atom. The van der Waals surface area contributed by atoms with Gasteiger partial charge in [-0.1, -0.05) is 99.3 Å². The first kappa shape index (κ1) is 28.4. The molecule has 0 atom stereocenters. The van der Waals surface area contributed by atoms with Crippen molar-refractivity contribution in [3.8, 4) is 11.1 Å². The Labute approximate surface area is 240 Å². The normalized spacial score (nSPS) is 14.3. The van der Waals surface area contributed by atoms with E-state index >= 15 is 0 Å². The van der Waals surface area contributed by atoms with E-state index in [1.807, 2.05) is 20.8 Å². The summed E-state index contributed by atoms with van der Waals surface area (Å²) in [7, 11) is 0. The number of hydrogen-bond donors (Lipinski definition) is 0. The highest BCUT2D eigenvalue weighted by Gasteiger charge is 2.25. The summed E-state index contributed by atoms with van der Waals surface area (Å²) in [5, 5.41) is 0. The van der Waals surface area contributed by atoms with Crippen LogP contribution in [0.15, 0.2) is 146 Å². The molecule has 0 aromatic heterocycles. The molecule has 40 heavy (non-hydrogen) atoms. The van der Waals surface area contributed by atoms with E-state index in [9.17, 15) is 0 Å². The van der Waals surface area contributed by atoms with Gasteiger partial charge in [0.15, 0.2) is 0 Å². The molecule has 6 rings (SSSR count). The molecule has 0 saturated carbocycles. The summed E-state index contributed by atoms with van der Waals surface area (Å²) in [4.78, 5) is 4.64. The quantitative estimate of drug-likeness (QED) is 0.245. The molecule has 0 unspecified atom stereocenters. The Morgan fingerprint density at radius 1 is 0.625 bits per heavy atom. The molecule has 4 aromatic rings. The van der Waals surface area contributed by atoms with Gasteiger partial charge in [0, 0.05) is 47.0 Å². The van der Waals surface area contributed by atoms with Crippen LogP contribution in [0.3, 0.4) is 0 Å². The fourth-order valence-electron chi connectivity index (χ4n) is 5.23. The highest BCUT2D eigenvalue weighted by Crippen LogP contribution is 2.42. The summed E-state index contributed by atoms with van der Waals surface area (Å²) >= 11 is 0. The Kier molecular flexibility index (Phi) is 9.59. The van der Waals surface area contributed by atoms with Gasteiger partial charge in [-0.05, 0) is 78.6 Å². The van der Waals surface area contributed by atoms with Crippen LogP contribution in [0.5, 0.6) is 0 Å². The largest absolute Gasteiger partial charge is 0.314 e. The number of anilines is 4. The van der Waals surface area contributed by atoms with E-state index in [0.717, 1.165) is 24.2 Å². The third-order valence-electron chi connectivity index (χ3n) is 6.90. The van der Waals surface area contributed by atoms with E-state index < -0.39 is 0 Å². The minimum absolute atomic E-state index is 0.906. The van der Waals surface area contributed by atoms with Gasteiger partial charge in [0.2, 0.25) is 0 Å². The first-order valence-corrected chi connectivity index (χ1v) is 14.2. The second-order valence-electron chi connectivity index (χ2n) is 9.53. The van der Waals surface area contributed by atoms with E-state index in [4.69, 9.17) is 0 Å². The molecule has 0 N–H and O–H groups in total. The van der Waals surface area contributed by atoms with Crippen molar-refractivity contribution in [2.75, 3.05) is 9.80 Å². The van der Waals surface area contributed by atoms with Crippen LogP contribution in [-0.2, 0) is 12.8 Å². The maximum atomic E-state index is 4.31. The minimum Gasteiger partial charge on any atom is -0.314 e. The molecule has 2 heteroatoms. The van der Waals surface area contributed by atoms with Crippen LogP contribution in [0.25, 0.3) is 11.1 Å². The second-order valence-corrected chi connectivity index (χ2v) is 9.53. The summed E-state index contributed by atoms with van der Waals surface area (Å²) in [6, 6.07) is 35.0. The van der Waals surface area contributed by atoms with E-state index in [2.05, 4.69) is 145 Å². The zero-order valence-corrected chi connectivity index (χ0v) is 24.3. The standard InChI is InChI=1S/C33H28N2.C3H6.C2H6/c1-3-4-11-31-23-28-10-6-8-13-33(28)35(31)30-20-16-26(17-21-30)25-14-18-29(19-15-25)34-24(2)22-27-9-5-7-12-32(27)34;1-3-2;1-2/h3-21H,2,22-23H2,1H3;3H,1H2,2H3;1-2H3/b4-3-,31-11+;;. The van der Waals surface area contributed by atoms with Crippen LogP contribution in [-0.4, -0.2) is 0 Å². The van der Waals surface area contributed by atoms with Gasteiger partial charge >= 0.3 is 0 Å². The van der Waals surface area contributed by atoms with Crippen LogP contribution in [0, 0.1) is 0 Å². The Balaban J connectivity index is 0.000000695. The molecule has 0 amide bonds. The van der Waals surface area contributed by atoms with Crippen LogP contribution in [0.1, 0.15) is 38.8 Å². The van der Waals surface area contributed by atoms with Gasteiger partial charge in [-0.15, -0.1) is 6.58 Å². The zero-order valence-electron chi connectivity index (χ0n) is 24.3. The van der Waals surface area contributed by atoms with E-state index in [-0.39, 0.29) is 0 Å². The molecule has 4 aromatic carbocycles. The molecule has 0 aliphatic carbocycles. The Bertz CT molecular complexity index is 1500.